The van der Waals surface area contributed by atoms with Gasteiger partial charge in [-0.05, 0) is 29.8 Å². The molecule has 1 aliphatic rings. The predicted molar refractivity (Wildman–Crippen MR) is 109 cm³/mol. The maximum absolute atomic E-state index is 13.0. The Morgan fingerprint density at radius 2 is 1.63 bits per heavy atom. The predicted octanol–water partition coefficient (Wildman–Crippen LogP) is 2.18. The molecule has 1 N–H and O–H groups in total. The highest BCUT2D eigenvalue weighted by Crippen LogP contribution is 2.34. The van der Waals surface area contributed by atoms with Gasteiger partial charge in [-0.2, -0.15) is 0 Å². The second-order valence-corrected chi connectivity index (χ2v) is 6.32. The van der Waals surface area contributed by atoms with Gasteiger partial charge in [-0.1, -0.05) is 12.1 Å². The SMILES string of the molecule is COc1ccc(CN=CC2C(=O)NC(=O)N(c3cc(OC)ccc3OC)C2=O)cc1. The quantitative estimate of drug-likeness (QED) is 0.553. The lowest BCUT2D eigenvalue weighted by molar-refractivity contribution is -0.131. The van der Waals surface area contributed by atoms with Crippen LogP contribution in [-0.2, 0) is 16.1 Å². The minimum atomic E-state index is -1.25. The van der Waals surface area contributed by atoms with Crippen LogP contribution in [0.25, 0.3) is 0 Å². The standard InChI is InChI=1S/C21H21N3O6/c1-28-14-6-4-13(5-7-14)11-22-12-16-19(25)23-21(27)24(20(16)26)17-10-15(29-2)8-9-18(17)30-3/h4-10,12,16H,11H2,1-3H3,(H,23,25,27). The van der Waals surface area contributed by atoms with Crippen molar-refractivity contribution < 1.29 is 28.6 Å². The van der Waals surface area contributed by atoms with Crippen molar-refractivity contribution in [3.63, 3.8) is 0 Å². The van der Waals surface area contributed by atoms with Gasteiger partial charge in [0.2, 0.25) is 5.91 Å². The summed E-state index contributed by atoms with van der Waals surface area (Å²) in [4.78, 5) is 42.7. The molecule has 0 bridgehead atoms. The lowest BCUT2D eigenvalue weighted by Gasteiger charge is -2.29. The minimum Gasteiger partial charge on any atom is -0.497 e. The smallest absolute Gasteiger partial charge is 0.335 e. The highest BCUT2D eigenvalue weighted by Gasteiger charge is 2.41. The van der Waals surface area contributed by atoms with E-state index in [2.05, 4.69) is 10.3 Å². The number of barbiturate groups is 1. The fourth-order valence-electron chi connectivity index (χ4n) is 2.92. The summed E-state index contributed by atoms with van der Waals surface area (Å²) in [6.07, 6.45) is 1.24. The highest BCUT2D eigenvalue weighted by molar-refractivity contribution is 6.33. The van der Waals surface area contributed by atoms with E-state index in [0.717, 1.165) is 10.5 Å². The van der Waals surface area contributed by atoms with Crippen LogP contribution in [0.1, 0.15) is 5.56 Å². The van der Waals surface area contributed by atoms with Crippen molar-refractivity contribution in [2.45, 2.75) is 6.54 Å². The summed E-state index contributed by atoms with van der Waals surface area (Å²) in [7, 11) is 4.45. The second-order valence-electron chi connectivity index (χ2n) is 6.32. The van der Waals surface area contributed by atoms with Gasteiger partial charge in [-0.3, -0.25) is 19.9 Å². The Morgan fingerprint density at radius 3 is 2.27 bits per heavy atom. The van der Waals surface area contributed by atoms with Crippen LogP contribution in [0.4, 0.5) is 10.5 Å². The van der Waals surface area contributed by atoms with Crippen LogP contribution < -0.4 is 24.4 Å². The van der Waals surface area contributed by atoms with Gasteiger partial charge in [0.15, 0.2) is 5.92 Å². The van der Waals surface area contributed by atoms with E-state index < -0.39 is 23.8 Å². The van der Waals surface area contributed by atoms with Crippen molar-refractivity contribution >= 4 is 29.7 Å². The number of nitrogens with one attached hydrogen (secondary N) is 1. The van der Waals surface area contributed by atoms with Gasteiger partial charge in [0.05, 0.1) is 33.6 Å². The summed E-state index contributed by atoms with van der Waals surface area (Å²) in [6, 6.07) is 11.1. The van der Waals surface area contributed by atoms with E-state index in [1.807, 2.05) is 12.1 Å². The summed E-state index contributed by atoms with van der Waals surface area (Å²) in [5.74, 6) is -1.30. The Balaban J connectivity index is 1.83. The molecule has 0 radical (unpaired) electrons. The number of methoxy groups -OCH3 is 3. The molecule has 1 aliphatic heterocycles. The fraction of sp³-hybridized carbons (Fsp3) is 0.238. The van der Waals surface area contributed by atoms with Gasteiger partial charge in [0.1, 0.15) is 17.2 Å². The van der Waals surface area contributed by atoms with E-state index in [0.29, 0.717) is 11.5 Å². The van der Waals surface area contributed by atoms with Crippen LogP contribution >= 0.6 is 0 Å². The zero-order valence-electron chi connectivity index (χ0n) is 16.7. The van der Waals surface area contributed by atoms with E-state index >= 15 is 0 Å². The molecule has 4 amide bonds. The lowest BCUT2D eigenvalue weighted by atomic mass is 10.1. The molecule has 1 saturated heterocycles. The number of nitrogens with zero attached hydrogens (tertiary/aromatic N) is 2. The average Bonchev–Trinajstić information content (AvgIpc) is 2.76. The number of imide groups is 2. The van der Waals surface area contributed by atoms with E-state index in [1.54, 1.807) is 31.4 Å². The third-order valence-electron chi connectivity index (χ3n) is 4.52. The normalized spacial score (nSPS) is 16.6. The molecule has 1 heterocycles. The average molecular weight is 411 g/mol. The molecule has 2 aromatic rings. The zero-order valence-corrected chi connectivity index (χ0v) is 16.7. The zero-order chi connectivity index (χ0) is 21.7. The molecule has 1 fully saturated rings. The maximum Gasteiger partial charge on any atom is 0.335 e. The Hall–Kier alpha value is -3.88. The van der Waals surface area contributed by atoms with Gasteiger partial charge in [-0.15, -0.1) is 0 Å². The van der Waals surface area contributed by atoms with Crippen molar-refractivity contribution in [2.24, 2.45) is 10.9 Å². The number of anilines is 1. The summed E-state index contributed by atoms with van der Waals surface area (Å²) in [6.45, 7) is 0.261. The van der Waals surface area contributed by atoms with Crippen molar-refractivity contribution in [3.05, 3.63) is 48.0 Å². The van der Waals surface area contributed by atoms with Gasteiger partial charge in [0.25, 0.3) is 5.91 Å². The van der Waals surface area contributed by atoms with Crippen molar-refractivity contribution in [1.82, 2.24) is 5.32 Å². The van der Waals surface area contributed by atoms with E-state index in [4.69, 9.17) is 14.2 Å². The Kier molecular flexibility index (Phi) is 6.31. The molecule has 2 aromatic carbocycles. The van der Waals surface area contributed by atoms with Crippen LogP contribution in [0.2, 0.25) is 0 Å². The summed E-state index contributed by atoms with van der Waals surface area (Å²) in [5.41, 5.74) is 1.04. The Morgan fingerprint density at radius 1 is 0.967 bits per heavy atom. The first-order valence-corrected chi connectivity index (χ1v) is 9.02. The summed E-state index contributed by atoms with van der Waals surface area (Å²) in [5, 5.41) is 2.18. The van der Waals surface area contributed by atoms with Gasteiger partial charge >= 0.3 is 6.03 Å². The molecule has 9 nitrogen and oxygen atoms in total. The number of aliphatic imine (C=N–C) groups is 1. The molecule has 0 saturated carbocycles. The van der Waals surface area contributed by atoms with E-state index in [-0.39, 0.29) is 18.0 Å². The van der Waals surface area contributed by atoms with Gasteiger partial charge < -0.3 is 14.2 Å². The molecule has 0 aromatic heterocycles. The Labute approximate surface area is 173 Å². The first kappa shape index (κ1) is 20.8. The molecular weight excluding hydrogens is 390 g/mol. The van der Waals surface area contributed by atoms with Crippen LogP contribution in [0, 0.1) is 5.92 Å². The second kappa shape index (κ2) is 9.08. The summed E-state index contributed by atoms with van der Waals surface area (Å²) < 4.78 is 15.5. The first-order chi connectivity index (χ1) is 14.5. The molecular formula is C21H21N3O6. The highest BCUT2D eigenvalue weighted by atomic mass is 16.5. The summed E-state index contributed by atoms with van der Waals surface area (Å²) >= 11 is 0. The molecule has 0 spiro atoms. The van der Waals surface area contributed by atoms with E-state index in [9.17, 15) is 14.4 Å². The number of amides is 4. The third kappa shape index (κ3) is 4.24. The van der Waals surface area contributed by atoms with Crippen molar-refractivity contribution in [1.29, 1.82) is 0 Å². The molecule has 1 unspecified atom stereocenters. The number of carbonyl (C=O) groups is 3. The molecule has 9 heteroatoms. The van der Waals surface area contributed by atoms with Gasteiger partial charge in [-0.25, -0.2) is 9.69 Å². The largest absolute Gasteiger partial charge is 0.497 e. The number of rotatable bonds is 7. The number of ether oxygens (including phenoxy) is 3. The molecule has 3 rings (SSSR count). The monoisotopic (exact) mass is 411 g/mol. The van der Waals surface area contributed by atoms with Crippen LogP contribution in [0.15, 0.2) is 47.5 Å². The topological polar surface area (TPSA) is 107 Å². The molecule has 30 heavy (non-hydrogen) atoms. The first-order valence-electron chi connectivity index (χ1n) is 9.02. The Bertz CT molecular complexity index is 987. The van der Waals surface area contributed by atoms with Crippen molar-refractivity contribution in [2.75, 3.05) is 26.2 Å². The van der Waals surface area contributed by atoms with Crippen LogP contribution in [-0.4, -0.2) is 45.4 Å². The lowest BCUT2D eigenvalue weighted by Crippen LogP contribution is -2.58. The molecule has 1 atom stereocenters. The maximum atomic E-state index is 13.0. The number of hydrogen-bond donors (Lipinski definition) is 1. The van der Waals surface area contributed by atoms with Crippen LogP contribution in [0.5, 0.6) is 17.2 Å². The van der Waals surface area contributed by atoms with Gasteiger partial charge in [0, 0.05) is 12.3 Å². The number of carbonyl (C=O) groups excluding carboxylic acids is 3. The van der Waals surface area contributed by atoms with E-state index in [1.165, 1.54) is 26.5 Å². The number of urea groups is 1. The minimum absolute atomic E-state index is 0.167. The number of benzene rings is 2. The van der Waals surface area contributed by atoms with Crippen LogP contribution in [0.3, 0.4) is 0 Å². The third-order valence-corrected chi connectivity index (χ3v) is 4.52. The molecule has 156 valence electrons. The fourth-order valence-corrected chi connectivity index (χ4v) is 2.92. The number of hydrogen-bond acceptors (Lipinski definition) is 7. The molecule has 0 aliphatic carbocycles. The van der Waals surface area contributed by atoms with Crippen molar-refractivity contribution in [3.8, 4) is 17.2 Å².